The molecule has 1 atom stereocenters. The Hall–Kier alpha value is -1.24. The summed E-state index contributed by atoms with van der Waals surface area (Å²) in [6, 6.07) is 14.3. The number of sulfonamides is 1. The number of fused-ring (bicyclic) bond motifs is 1. The van der Waals surface area contributed by atoms with Crippen LogP contribution in [0.2, 0.25) is 0 Å². The van der Waals surface area contributed by atoms with Crippen molar-refractivity contribution in [3.63, 3.8) is 0 Å². The minimum Gasteiger partial charge on any atom is -0.361 e. The molecule has 3 aromatic rings. The van der Waals surface area contributed by atoms with Crippen LogP contribution in [0.15, 0.2) is 65.7 Å². The van der Waals surface area contributed by atoms with Gasteiger partial charge in [0.2, 0.25) is 13.8 Å². The van der Waals surface area contributed by atoms with Gasteiger partial charge in [0.05, 0.1) is 10.9 Å². The van der Waals surface area contributed by atoms with Gasteiger partial charge in [-0.1, -0.05) is 71.2 Å². The van der Waals surface area contributed by atoms with Crippen LogP contribution in [0.5, 0.6) is 0 Å². The molecular formula is C16H13Cl3N2O2S. The maximum atomic E-state index is 12.6. The van der Waals surface area contributed by atoms with Crippen molar-refractivity contribution in [2.24, 2.45) is 0 Å². The zero-order valence-corrected chi connectivity index (χ0v) is 15.3. The highest BCUT2D eigenvalue weighted by Gasteiger charge is 2.38. The van der Waals surface area contributed by atoms with Crippen molar-refractivity contribution in [3.05, 3.63) is 66.4 Å². The van der Waals surface area contributed by atoms with Crippen molar-refractivity contribution < 1.29 is 8.42 Å². The van der Waals surface area contributed by atoms with E-state index in [-0.39, 0.29) is 4.90 Å². The molecule has 0 amide bonds. The lowest BCUT2D eigenvalue weighted by molar-refractivity contribution is 0.559. The highest BCUT2D eigenvalue weighted by atomic mass is 35.6. The van der Waals surface area contributed by atoms with Gasteiger partial charge in [0.1, 0.15) is 0 Å². The Balaban J connectivity index is 2.06. The van der Waals surface area contributed by atoms with Crippen molar-refractivity contribution in [3.8, 4) is 0 Å². The van der Waals surface area contributed by atoms with Crippen LogP contribution in [-0.4, -0.2) is 17.2 Å². The number of rotatable bonds is 4. The number of halogens is 3. The van der Waals surface area contributed by atoms with Crippen LogP contribution in [0.25, 0.3) is 10.9 Å². The molecule has 3 rings (SSSR count). The predicted molar refractivity (Wildman–Crippen MR) is 98.1 cm³/mol. The van der Waals surface area contributed by atoms with E-state index in [1.54, 1.807) is 24.4 Å². The van der Waals surface area contributed by atoms with E-state index >= 15 is 0 Å². The standard InChI is InChI=1S/C16H13Cl3N2O2S/c17-16(18,19)15(13-10-20-14-9-5-4-8-12(13)14)21-24(22,23)11-6-2-1-3-7-11/h1-10,15,20-21H/t15-/m0/s1. The van der Waals surface area contributed by atoms with Crippen LogP contribution < -0.4 is 4.72 Å². The molecule has 0 bridgehead atoms. The molecule has 0 fully saturated rings. The van der Waals surface area contributed by atoms with Crippen LogP contribution in [0, 0.1) is 0 Å². The molecule has 24 heavy (non-hydrogen) atoms. The van der Waals surface area contributed by atoms with Gasteiger partial charge in [-0.15, -0.1) is 0 Å². The number of alkyl halides is 3. The summed E-state index contributed by atoms with van der Waals surface area (Å²) < 4.78 is 25.9. The molecule has 0 unspecified atom stereocenters. The summed E-state index contributed by atoms with van der Waals surface area (Å²) >= 11 is 18.2. The Morgan fingerprint density at radius 2 is 1.58 bits per heavy atom. The second-order valence-corrected chi connectivity index (χ2v) is 9.28. The second-order valence-electron chi connectivity index (χ2n) is 5.20. The van der Waals surface area contributed by atoms with Crippen molar-refractivity contribution in [2.75, 3.05) is 0 Å². The molecular weight excluding hydrogens is 391 g/mol. The first-order chi connectivity index (χ1) is 11.3. The van der Waals surface area contributed by atoms with Crippen molar-refractivity contribution in [2.45, 2.75) is 14.7 Å². The summed E-state index contributed by atoms with van der Waals surface area (Å²) in [5.41, 5.74) is 1.38. The van der Waals surface area contributed by atoms with Crippen LogP contribution in [0.1, 0.15) is 11.6 Å². The first kappa shape index (κ1) is 17.6. The molecule has 4 nitrogen and oxygen atoms in total. The number of hydrogen-bond donors (Lipinski definition) is 2. The Morgan fingerprint density at radius 3 is 2.25 bits per heavy atom. The molecule has 1 aromatic heterocycles. The van der Waals surface area contributed by atoms with Crippen LogP contribution in [0.3, 0.4) is 0 Å². The number of para-hydroxylation sites is 1. The Labute approximate surface area is 154 Å². The van der Waals surface area contributed by atoms with Gasteiger partial charge in [-0.2, -0.15) is 4.72 Å². The normalized spacial score (nSPS) is 14.0. The summed E-state index contributed by atoms with van der Waals surface area (Å²) in [6.45, 7) is 0. The van der Waals surface area contributed by atoms with Gasteiger partial charge in [0, 0.05) is 17.1 Å². The molecule has 2 N–H and O–H groups in total. The quantitative estimate of drug-likeness (QED) is 0.627. The largest absolute Gasteiger partial charge is 0.361 e. The Bertz CT molecular complexity index is 950. The van der Waals surface area contributed by atoms with E-state index in [9.17, 15) is 8.42 Å². The van der Waals surface area contributed by atoms with Gasteiger partial charge in [-0.25, -0.2) is 8.42 Å². The molecule has 0 aliphatic heterocycles. The fourth-order valence-electron chi connectivity index (χ4n) is 2.46. The zero-order valence-electron chi connectivity index (χ0n) is 12.2. The number of aromatic nitrogens is 1. The smallest absolute Gasteiger partial charge is 0.241 e. The first-order valence-electron chi connectivity index (χ1n) is 6.99. The molecule has 0 aliphatic rings. The molecule has 0 saturated carbocycles. The molecule has 2 aromatic carbocycles. The van der Waals surface area contributed by atoms with Gasteiger partial charge in [0.15, 0.2) is 0 Å². The third-order valence-electron chi connectivity index (χ3n) is 3.59. The minimum absolute atomic E-state index is 0.101. The molecule has 0 radical (unpaired) electrons. The number of nitrogens with one attached hydrogen (secondary N) is 2. The van der Waals surface area contributed by atoms with E-state index in [1.807, 2.05) is 24.3 Å². The predicted octanol–water partition coefficient (Wildman–Crippen LogP) is 4.56. The maximum Gasteiger partial charge on any atom is 0.241 e. The first-order valence-corrected chi connectivity index (χ1v) is 9.61. The summed E-state index contributed by atoms with van der Waals surface area (Å²) in [6.07, 6.45) is 1.64. The molecule has 0 aliphatic carbocycles. The van der Waals surface area contributed by atoms with Crippen LogP contribution in [0.4, 0.5) is 0 Å². The van der Waals surface area contributed by atoms with Crippen molar-refractivity contribution >= 4 is 55.7 Å². The van der Waals surface area contributed by atoms with E-state index in [0.29, 0.717) is 5.56 Å². The highest BCUT2D eigenvalue weighted by Crippen LogP contribution is 2.42. The third kappa shape index (κ3) is 3.55. The fraction of sp³-hybridized carbons (Fsp3) is 0.125. The highest BCUT2D eigenvalue weighted by molar-refractivity contribution is 7.89. The van der Waals surface area contributed by atoms with Crippen LogP contribution >= 0.6 is 34.8 Å². The molecule has 0 spiro atoms. The van der Waals surface area contributed by atoms with Crippen molar-refractivity contribution in [1.29, 1.82) is 0 Å². The number of aromatic amines is 1. The van der Waals surface area contributed by atoms with E-state index < -0.39 is 19.9 Å². The Kier molecular flexibility index (Phi) is 4.82. The lowest BCUT2D eigenvalue weighted by Gasteiger charge is -2.25. The number of benzene rings is 2. The summed E-state index contributed by atoms with van der Waals surface area (Å²) in [4.78, 5) is 3.16. The summed E-state index contributed by atoms with van der Waals surface area (Å²) in [5.74, 6) is 0. The lowest BCUT2D eigenvalue weighted by atomic mass is 10.1. The molecule has 126 valence electrons. The molecule has 0 saturated heterocycles. The van der Waals surface area contributed by atoms with E-state index in [0.717, 1.165) is 10.9 Å². The lowest BCUT2D eigenvalue weighted by Crippen LogP contribution is -2.36. The van der Waals surface area contributed by atoms with E-state index in [4.69, 9.17) is 34.8 Å². The third-order valence-corrected chi connectivity index (χ3v) is 5.68. The molecule has 8 heteroatoms. The molecule has 1 heterocycles. The topological polar surface area (TPSA) is 62.0 Å². The Morgan fingerprint density at radius 1 is 0.958 bits per heavy atom. The SMILES string of the molecule is O=S(=O)(N[C@@H](c1c[nH]c2ccccc12)C(Cl)(Cl)Cl)c1ccccc1. The van der Waals surface area contributed by atoms with E-state index in [2.05, 4.69) is 9.71 Å². The monoisotopic (exact) mass is 402 g/mol. The van der Waals surface area contributed by atoms with Gasteiger partial charge in [-0.05, 0) is 23.8 Å². The average Bonchev–Trinajstić information content (AvgIpc) is 2.96. The van der Waals surface area contributed by atoms with Gasteiger partial charge in [0.25, 0.3) is 0 Å². The number of hydrogen-bond acceptors (Lipinski definition) is 2. The second kappa shape index (κ2) is 6.58. The van der Waals surface area contributed by atoms with Gasteiger partial charge < -0.3 is 4.98 Å². The summed E-state index contributed by atoms with van der Waals surface area (Å²) in [5, 5.41) is 0.782. The maximum absolute atomic E-state index is 12.6. The van der Waals surface area contributed by atoms with Crippen LogP contribution in [-0.2, 0) is 10.0 Å². The van der Waals surface area contributed by atoms with Crippen molar-refractivity contribution in [1.82, 2.24) is 9.71 Å². The van der Waals surface area contributed by atoms with Gasteiger partial charge in [-0.3, -0.25) is 0 Å². The zero-order chi connectivity index (χ0) is 17.4. The average molecular weight is 404 g/mol. The van der Waals surface area contributed by atoms with Gasteiger partial charge >= 0.3 is 0 Å². The summed E-state index contributed by atoms with van der Waals surface area (Å²) in [7, 11) is -3.85. The van der Waals surface area contributed by atoms with E-state index in [1.165, 1.54) is 12.1 Å². The number of H-pyrrole nitrogens is 1. The fourth-order valence-corrected chi connectivity index (χ4v) is 4.44. The minimum atomic E-state index is -3.85.